The first-order valence-corrected chi connectivity index (χ1v) is 10.3. The summed E-state index contributed by atoms with van der Waals surface area (Å²) < 4.78 is 0.602. The van der Waals surface area contributed by atoms with Gasteiger partial charge in [0.2, 0.25) is 0 Å². The second-order valence-corrected chi connectivity index (χ2v) is 8.20. The Bertz CT molecular complexity index is 963. The number of aromatic nitrogens is 1. The second-order valence-electron chi connectivity index (χ2n) is 7.21. The third-order valence-electron chi connectivity index (χ3n) is 4.61. The summed E-state index contributed by atoms with van der Waals surface area (Å²) in [5.74, 6) is 0.0179. The maximum Gasteiger partial charge on any atom is 0.305 e. The van der Waals surface area contributed by atoms with Crippen LogP contribution in [0.15, 0.2) is 41.2 Å². The third-order valence-corrected chi connectivity index (χ3v) is 5.54. The van der Waals surface area contributed by atoms with Crippen LogP contribution in [0.25, 0.3) is 10.2 Å². The fourth-order valence-electron chi connectivity index (χ4n) is 3.03. The van der Waals surface area contributed by atoms with Gasteiger partial charge in [-0.1, -0.05) is 55.5 Å². The largest absolute Gasteiger partial charge is 0.506 e. The van der Waals surface area contributed by atoms with Crippen molar-refractivity contribution in [3.8, 4) is 5.75 Å². The lowest BCUT2D eigenvalue weighted by atomic mass is 10.1. The van der Waals surface area contributed by atoms with Gasteiger partial charge in [0.1, 0.15) is 11.3 Å². The van der Waals surface area contributed by atoms with Gasteiger partial charge in [-0.3, -0.25) is 4.79 Å². The van der Waals surface area contributed by atoms with Crippen LogP contribution in [0.4, 0.5) is 0 Å². The molecule has 0 aliphatic rings. The van der Waals surface area contributed by atoms with Gasteiger partial charge in [0.05, 0.1) is 10.8 Å². The standard InChI is InChI=1S/C21H27N3O3S/c1-13(2)23-11-15-5-3-14(4-6-15)9-10-22-12-18(26)16-7-8-17(25)19-20(16)28-21(27)24-19/h3-8,13,18,22-23,25-26H,9-12H2,1-2H3,(H,24,27). The number of thiazole rings is 1. The molecule has 3 rings (SSSR count). The Morgan fingerprint density at radius 1 is 1.11 bits per heavy atom. The molecule has 0 aliphatic carbocycles. The second kappa shape index (κ2) is 9.34. The van der Waals surface area contributed by atoms with Crippen molar-refractivity contribution < 1.29 is 10.2 Å². The molecule has 1 heterocycles. The van der Waals surface area contributed by atoms with E-state index in [2.05, 4.69) is 53.7 Å². The Morgan fingerprint density at radius 2 is 1.82 bits per heavy atom. The van der Waals surface area contributed by atoms with Gasteiger partial charge in [0, 0.05) is 24.7 Å². The van der Waals surface area contributed by atoms with Crippen molar-refractivity contribution in [3.63, 3.8) is 0 Å². The molecular formula is C21H27N3O3S. The van der Waals surface area contributed by atoms with Crippen molar-refractivity contribution in [2.24, 2.45) is 0 Å². The van der Waals surface area contributed by atoms with Gasteiger partial charge in [0.15, 0.2) is 0 Å². The van der Waals surface area contributed by atoms with E-state index in [0.717, 1.165) is 30.8 Å². The van der Waals surface area contributed by atoms with Crippen LogP contribution in [0.3, 0.4) is 0 Å². The SMILES string of the molecule is CC(C)NCc1ccc(CCNCC(O)c2ccc(O)c3[nH]c(=O)sc23)cc1. The summed E-state index contributed by atoms with van der Waals surface area (Å²) in [4.78, 5) is 13.9. The number of fused-ring (bicyclic) bond motifs is 1. The van der Waals surface area contributed by atoms with Crippen LogP contribution in [-0.4, -0.2) is 34.3 Å². The molecular weight excluding hydrogens is 374 g/mol. The van der Waals surface area contributed by atoms with Gasteiger partial charge in [0.25, 0.3) is 0 Å². The van der Waals surface area contributed by atoms with Gasteiger partial charge in [-0.15, -0.1) is 0 Å². The topological polar surface area (TPSA) is 97.4 Å². The highest BCUT2D eigenvalue weighted by molar-refractivity contribution is 7.16. The number of aliphatic hydroxyl groups excluding tert-OH is 1. The molecule has 0 fully saturated rings. The summed E-state index contributed by atoms with van der Waals surface area (Å²) in [7, 11) is 0. The van der Waals surface area contributed by atoms with E-state index in [-0.39, 0.29) is 10.6 Å². The van der Waals surface area contributed by atoms with Crippen molar-refractivity contribution in [2.75, 3.05) is 13.1 Å². The highest BCUT2D eigenvalue weighted by atomic mass is 32.1. The third kappa shape index (κ3) is 5.20. The van der Waals surface area contributed by atoms with E-state index in [0.29, 0.717) is 28.4 Å². The molecule has 1 aromatic heterocycles. The summed E-state index contributed by atoms with van der Waals surface area (Å²) in [6.45, 7) is 6.25. The molecule has 1 atom stereocenters. The number of hydrogen-bond donors (Lipinski definition) is 5. The molecule has 0 spiro atoms. The number of aromatic hydroxyl groups is 1. The molecule has 2 aromatic carbocycles. The van der Waals surface area contributed by atoms with Gasteiger partial charge >= 0.3 is 4.87 Å². The van der Waals surface area contributed by atoms with E-state index in [9.17, 15) is 15.0 Å². The van der Waals surface area contributed by atoms with Crippen LogP contribution < -0.4 is 15.5 Å². The first kappa shape index (κ1) is 20.5. The highest BCUT2D eigenvalue weighted by Crippen LogP contribution is 2.31. The fraction of sp³-hybridized carbons (Fsp3) is 0.381. The van der Waals surface area contributed by atoms with E-state index in [1.54, 1.807) is 6.07 Å². The van der Waals surface area contributed by atoms with E-state index in [4.69, 9.17) is 0 Å². The van der Waals surface area contributed by atoms with E-state index in [1.165, 1.54) is 17.2 Å². The maximum absolute atomic E-state index is 11.6. The van der Waals surface area contributed by atoms with E-state index in [1.807, 2.05) is 0 Å². The highest BCUT2D eigenvalue weighted by Gasteiger charge is 2.15. The molecule has 0 saturated heterocycles. The monoisotopic (exact) mass is 401 g/mol. The van der Waals surface area contributed by atoms with E-state index >= 15 is 0 Å². The number of nitrogens with one attached hydrogen (secondary N) is 3. The first-order valence-electron chi connectivity index (χ1n) is 9.48. The number of hydrogen-bond acceptors (Lipinski definition) is 6. The molecule has 0 bridgehead atoms. The normalized spacial score (nSPS) is 12.7. The minimum atomic E-state index is -0.751. The van der Waals surface area contributed by atoms with Gasteiger partial charge in [-0.25, -0.2) is 0 Å². The predicted molar refractivity (Wildman–Crippen MR) is 114 cm³/mol. The van der Waals surface area contributed by atoms with E-state index < -0.39 is 6.10 Å². The molecule has 6 nitrogen and oxygen atoms in total. The van der Waals surface area contributed by atoms with Crippen molar-refractivity contribution in [1.29, 1.82) is 0 Å². The van der Waals surface area contributed by atoms with Crippen molar-refractivity contribution >= 4 is 21.6 Å². The van der Waals surface area contributed by atoms with Gasteiger partial charge in [-0.05, 0) is 30.2 Å². The van der Waals surface area contributed by atoms with Crippen molar-refractivity contribution in [2.45, 2.75) is 39.0 Å². The Morgan fingerprint density at radius 3 is 2.54 bits per heavy atom. The predicted octanol–water partition coefficient (Wildman–Crippen LogP) is 2.66. The number of phenolic OH excluding ortho intramolecular Hbond substituents is 1. The zero-order valence-electron chi connectivity index (χ0n) is 16.2. The molecule has 0 radical (unpaired) electrons. The Labute approximate surface area is 168 Å². The number of H-pyrrole nitrogens is 1. The molecule has 0 aliphatic heterocycles. The number of aromatic amines is 1. The number of benzene rings is 2. The van der Waals surface area contributed by atoms with Gasteiger partial charge < -0.3 is 25.8 Å². The zero-order chi connectivity index (χ0) is 20.1. The minimum Gasteiger partial charge on any atom is -0.506 e. The Balaban J connectivity index is 1.50. The lowest BCUT2D eigenvalue weighted by molar-refractivity contribution is 0.176. The van der Waals surface area contributed by atoms with Crippen LogP contribution in [0, 0.1) is 0 Å². The molecule has 3 aromatic rings. The zero-order valence-corrected chi connectivity index (χ0v) is 17.0. The molecule has 0 amide bonds. The fourth-order valence-corrected chi connectivity index (χ4v) is 3.95. The average molecular weight is 402 g/mol. The summed E-state index contributed by atoms with van der Waals surface area (Å²) >= 11 is 1.00. The molecule has 150 valence electrons. The van der Waals surface area contributed by atoms with Crippen LogP contribution in [0.2, 0.25) is 0 Å². The van der Waals surface area contributed by atoms with Crippen molar-refractivity contribution in [1.82, 2.24) is 15.6 Å². The smallest absolute Gasteiger partial charge is 0.305 e. The first-order chi connectivity index (χ1) is 13.4. The van der Waals surface area contributed by atoms with Crippen LogP contribution in [0.5, 0.6) is 5.75 Å². The molecule has 5 N–H and O–H groups in total. The van der Waals surface area contributed by atoms with Crippen LogP contribution >= 0.6 is 11.3 Å². The minimum absolute atomic E-state index is 0.0179. The lowest BCUT2D eigenvalue weighted by Gasteiger charge is -2.13. The number of aliphatic hydroxyl groups is 1. The average Bonchev–Trinajstić information content (AvgIpc) is 3.07. The number of rotatable bonds is 9. The lowest BCUT2D eigenvalue weighted by Crippen LogP contribution is -2.24. The van der Waals surface area contributed by atoms with Gasteiger partial charge in [-0.2, -0.15) is 0 Å². The van der Waals surface area contributed by atoms with Crippen LogP contribution in [0.1, 0.15) is 36.6 Å². The molecule has 7 heteroatoms. The van der Waals surface area contributed by atoms with Crippen molar-refractivity contribution in [3.05, 3.63) is 62.8 Å². The molecule has 1 unspecified atom stereocenters. The Hall–Kier alpha value is -2.19. The quantitative estimate of drug-likeness (QED) is 0.355. The van der Waals surface area contributed by atoms with Crippen LogP contribution in [-0.2, 0) is 13.0 Å². The molecule has 28 heavy (non-hydrogen) atoms. The summed E-state index contributed by atoms with van der Waals surface area (Å²) in [5.41, 5.74) is 3.54. The molecule has 0 saturated carbocycles. The maximum atomic E-state index is 11.6. The Kier molecular flexibility index (Phi) is 6.85. The summed E-state index contributed by atoms with van der Waals surface area (Å²) in [6, 6.07) is 12.2. The summed E-state index contributed by atoms with van der Waals surface area (Å²) in [6.07, 6.45) is 0.117. The summed E-state index contributed by atoms with van der Waals surface area (Å²) in [5, 5.41) is 27.0. The number of phenols is 1.